The highest BCUT2D eigenvalue weighted by atomic mass is 35.5. The van der Waals surface area contributed by atoms with E-state index in [4.69, 9.17) is 32.8 Å². The summed E-state index contributed by atoms with van der Waals surface area (Å²) in [6, 6.07) is 1.90. The van der Waals surface area contributed by atoms with E-state index in [1.165, 1.54) is 0 Å². The van der Waals surface area contributed by atoms with Crippen molar-refractivity contribution < 1.29 is 4.74 Å². The first-order chi connectivity index (χ1) is 14.0. The lowest BCUT2D eigenvalue weighted by molar-refractivity contribution is 0.0974. The maximum Gasteiger partial charge on any atom is 0.165 e. The number of ether oxygens (including phenoxy) is 1. The summed E-state index contributed by atoms with van der Waals surface area (Å²) in [4.78, 5) is 15.6. The fourth-order valence-corrected chi connectivity index (χ4v) is 4.83. The van der Waals surface area contributed by atoms with Gasteiger partial charge in [0.2, 0.25) is 0 Å². The molecule has 5 heterocycles. The molecule has 3 aromatic rings. The summed E-state index contributed by atoms with van der Waals surface area (Å²) in [5, 5.41) is 0.391. The van der Waals surface area contributed by atoms with Crippen LogP contribution in [0.4, 0.5) is 11.6 Å². The van der Waals surface area contributed by atoms with E-state index >= 15 is 0 Å². The molecule has 2 atom stereocenters. The highest BCUT2D eigenvalue weighted by Crippen LogP contribution is 2.42. The average molecular weight is 414 g/mol. The van der Waals surface area contributed by atoms with Crippen LogP contribution in [0.3, 0.4) is 0 Å². The maximum atomic E-state index is 6.46. The fourth-order valence-electron chi connectivity index (χ4n) is 4.63. The zero-order chi connectivity index (χ0) is 20.2. The average Bonchev–Trinajstić information content (AvgIpc) is 3.32. The molecule has 0 aromatic carbocycles. The van der Waals surface area contributed by atoms with E-state index in [2.05, 4.69) is 26.2 Å². The summed E-state index contributed by atoms with van der Waals surface area (Å²) in [6.07, 6.45) is 9.36. The molecule has 8 nitrogen and oxygen atoms in total. The number of pyridine rings is 1. The van der Waals surface area contributed by atoms with Gasteiger partial charge >= 0.3 is 0 Å². The Morgan fingerprint density at radius 2 is 2.00 bits per heavy atom. The second-order valence-electron chi connectivity index (χ2n) is 8.03. The molecule has 1 spiro atoms. The molecule has 9 heteroatoms. The number of fused-ring (bicyclic) bond motifs is 1. The standard InChI is InChI=1S/C20H24ClN7O/c1-12-17(22)20(11-29-12)3-7-27(8-4-20)14-10-26-16(19-25-6-9-28(14)19)13-2-5-24-18(23)15(13)21/h2,5-6,9-10,12,17H,3-4,7-8,11,22H2,1H3,(H2,23,24)/t12-,17+/m0/s1. The predicted molar refractivity (Wildman–Crippen MR) is 113 cm³/mol. The van der Waals surface area contributed by atoms with Gasteiger partial charge in [0, 0.05) is 48.7 Å². The number of imidazole rings is 1. The van der Waals surface area contributed by atoms with Crippen molar-refractivity contribution in [3.63, 3.8) is 0 Å². The first kappa shape index (κ1) is 18.6. The van der Waals surface area contributed by atoms with E-state index in [1.807, 2.05) is 18.5 Å². The van der Waals surface area contributed by atoms with E-state index in [1.54, 1.807) is 12.4 Å². The van der Waals surface area contributed by atoms with Crippen molar-refractivity contribution in [2.45, 2.75) is 31.9 Å². The molecular formula is C20H24ClN7O. The number of piperidine rings is 1. The summed E-state index contributed by atoms with van der Waals surface area (Å²) in [5.74, 6) is 1.29. The van der Waals surface area contributed by atoms with Crippen LogP contribution in [-0.2, 0) is 4.74 Å². The molecule has 2 saturated heterocycles. The second-order valence-corrected chi connectivity index (χ2v) is 8.41. The highest BCUT2D eigenvalue weighted by Gasteiger charge is 2.47. The molecule has 152 valence electrons. The molecule has 0 unspecified atom stereocenters. The van der Waals surface area contributed by atoms with Crippen LogP contribution in [0.1, 0.15) is 19.8 Å². The van der Waals surface area contributed by atoms with Crippen molar-refractivity contribution in [1.29, 1.82) is 0 Å². The second kappa shape index (κ2) is 6.83. The quantitative estimate of drug-likeness (QED) is 0.663. The SMILES string of the molecule is C[C@@H]1OCC2(CCN(c3cnc(-c4ccnc(N)c4Cl)c4nccn34)CC2)[C@@H]1N. The van der Waals surface area contributed by atoms with Gasteiger partial charge in [0.25, 0.3) is 0 Å². The van der Waals surface area contributed by atoms with Crippen LogP contribution in [0.25, 0.3) is 16.9 Å². The summed E-state index contributed by atoms with van der Waals surface area (Å²) in [7, 11) is 0. The third kappa shape index (κ3) is 2.86. The van der Waals surface area contributed by atoms with Crippen LogP contribution < -0.4 is 16.4 Å². The van der Waals surface area contributed by atoms with E-state index in [-0.39, 0.29) is 23.4 Å². The lowest BCUT2D eigenvalue weighted by Crippen LogP contribution is -2.50. The molecule has 2 aliphatic heterocycles. The van der Waals surface area contributed by atoms with Gasteiger partial charge in [-0.25, -0.2) is 15.0 Å². The highest BCUT2D eigenvalue weighted by molar-refractivity contribution is 6.35. The Labute approximate surface area is 173 Å². The lowest BCUT2D eigenvalue weighted by atomic mass is 9.73. The molecule has 2 fully saturated rings. The number of hydrogen-bond acceptors (Lipinski definition) is 7. The van der Waals surface area contributed by atoms with Crippen molar-refractivity contribution in [2.75, 3.05) is 30.3 Å². The van der Waals surface area contributed by atoms with Crippen molar-refractivity contribution in [3.05, 3.63) is 35.9 Å². The van der Waals surface area contributed by atoms with Crippen molar-refractivity contribution in [3.8, 4) is 11.3 Å². The molecular weight excluding hydrogens is 390 g/mol. The van der Waals surface area contributed by atoms with Crippen LogP contribution >= 0.6 is 11.6 Å². The Balaban J connectivity index is 1.47. The van der Waals surface area contributed by atoms with E-state index < -0.39 is 0 Å². The Bertz CT molecular complexity index is 1060. The molecule has 0 amide bonds. The molecule has 4 N–H and O–H groups in total. The maximum absolute atomic E-state index is 6.46. The molecule has 0 bridgehead atoms. The third-order valence-corrected chi connectivity index (χ3v) is 6.91. The van der Waals surface area contributed by atoms with Gasteiger partial charge in [-0.1, -0.05) is 11.6 Å². The first-order valence-electron chi connectivity index (χ1n) is 9.85. The van der Waals surface area contributed by atoms with Crippen LogP contribution in [0, 0.1) is 5.41 Å². The minimum atomic E-state index is 0.0828. The van der Waals surface area contributed by atoms with Gasteiger partial charge < -0.3 is 21.1 Å². The van der Waals surface area contributed by atoms with E-state index in [0.717, 1.165) is 49.6 Å². The number of nitrogens with two attached hydrogens (primary N) is 2. The molecule has 3 aromatic heterocycles. The monoisotopic (exact) mass is 413 g/mol. The number of rotatable bonds is 2. The molecule has 0 aliphatic carbocycles. The largest absolute Gasteiger partial charge is 0.382 e. The first-order valence-corrected chi connectivity index (χ1v) is 10.2. The van der Waals surface area contributed by atoms with E-state index in [0.29, 0.717) is 10.7 Å². The van der Waals surface area contributed by atoms with E-state index in [9.17, 15) is 0 Å². The van der Waals surface area contributed by atoms with Gasteiger partial charge in [-0.05, 0) is 25.8 Å². The molecule has 0 radical (unpaired) electrons. The van der Waals surface area contributed by atoms with Crippen LogP contribution in [0.2, 0.25) is 5.02 Å². The molecule has 5 rings (SSSR count). The summed E-state index contributed by atoms with van der Waals surface area (Å²) < 4.78 is 7.90. The van der Waals surface area contributed by atoms with Crippen molar-refractivity contribution in [1.82, 2.24) is 19.4 Å². The Kier molecular flexibility index (Phi) is 4.38. The number of aromatic nitrogens is 4. The van der Waals surface area contributed by atoms with Crippen molar-refractivity contribution in [2.24, 2.45) is 11.1 Å². The number of anilines is 2. The summed E-state index contributed by atoms with van der Waals surface area (Å²) in [6.45, 7) is 4.63. The van der Waals surface area contributed by atoms with Gasteiger partial charge in [0.15, 0.2) is 5.65 Å². The minimum Gasteiger partial charge on any atom is -0.382 e. The Morgan fingerprint density at radius 3 is 2.72 bits per heavy atom. The number of nitrogen functional groups attached to an aromatic ring is 1. The minimum absolute atomic E-state index is 0.0828. The number of nitrogens with zero attached hydrogens (tertiary/aromatic N) is 5. The topological polar surface area (TPSA) is 108 Å². The molecule has 0 saturated carbocycles. The Hall–Kier alpha value is -2.42. The summed E-state index contributed by atoms with van der Waals surface area (Å²) >= 11 is 6.38. The van der Waals surface area contributed by atoms with Crippen molar-refractivity contribution >= 4 is 28.9 Å². The van der Waals surface area contributed by atoms with Gasteiger partial charge in [-0.3, -0.25) is 4.40 Å². The molecule has 2 aliphatic rings. The van der Waals surface area contributed by atoms with Crippen LogP contribution in [0.15, 0.2) is 30.9 Å². The number of hydrogen-bond donors (Lipinski definition) is 2. The van der Waals surface area contributed by atoms with Gasteiger partial charge in [-0.2, -0.15) is 0 Å². The normalized spacial score (nSPS) is 23.9. The molecule has 29 heavy (non-hydrogen) atoms. The third-order valence-electron chi connectivity index (χ3n) is 6.51. The van der Waals surface area contributed by atoms with Crippen LogP contribution in [0.5, 0.6) is 0 Å². The number of halogens is 1. The summed E-state index contributed by atoms with van der Waals surface area (Å²) in [5.41, 5.74) is 14.6. The Morgan fingerprint density at radius 1 is 1.21 bits per heavy atom. The smallest absolute Gasteiger partial charge is 0.165 e. The lowest BCUT2D eigenvalue weighted by Gasteiger charge is -2.42. The van der Waals surface area contributed by atoms with Crippen LogP contribution in [-0.4, -0.2) is 51.2 Å². The zero-order valence-electron chi connectivity index (χ0n) is 16.3. The van der Waals surface area contributed by atoms with Gasteiger partial charge in [0.05, 0.1) is 23.9 Å². The van der Waals surface area contributed by atoms with Gasteiger partial charge in [-0.15, -0.1) is 0 Å². The zero-order valence-corrected chi connectivity index (χ0v) is 17.0. The predicted octanol–water partition coefficient (Wildman–Crippen LogP) is 2.36. The van der Waals surface area contributed by atoms with Gasteiger partial charge in [0.1, 0.15) is 17.3 Å². The fraction of sp³-hybridized carbons (Fsp3) is 0.450.